The zero-order valence-corrected chi connectivity index (χ0v) is 9.49. The molecule has 0 fully saturated rings. The quantitative estimate of drug-likeness (QED) is 0.310. The van der Waals surface area contributed by atoms with Crippen LogP contribution in [0.3, 0.4) is 0 Å². The minimum atomic E-state index is -1.25. The summed E-state index contributed by atoms with van der Waals surface area (Å²) in [5, 5.41) is 22.6. The van der Waals surface area contributed by atoms with Gasteiger partial charge in [-0.1, -0.05) is 16.7 Å². The first-order valence-electron chi connectivity index (χ1n) is 4.71. The molecule has 0 amide bonds. The normalized spacial score (nSPS) is 13.8. The highest BCUT2D eigenvalue weighted by atomic mass is 35.5. The lowest BCUT2D eigenvalue weighted by atomic mass is 10.1. The van der Waals surface area contributed by atoms with Crippen molar-refractivity contribution in [2.75, 3.05) is 12.3 Å². The highest BCUT2D eigenvalue weighted by molar-refractivity contribution is 6.30. The third-order valence-corrected chi connectivity index (χ3v) is 2.36. The Balaban J connectivity index is 2.73. The Bertz CT molecular complexity index is 436. The number of nitrogen functional groups attached to an aromatic ring is 1. The second-order valence-electron chi connectivity index (χ2n) is 3.23. The van der Waals surface area contributed by atoms with Gasteiger partial charge in [0, 0.05) is 23.2 Å². The Hall–Kier alpha value is -1.60. The Morgan fingerprint density at radius 2 is 2.29 bits per heavy atom. The van der Waals surface area contributed by atoms with Gasteiger partial charge in [-0.3, -0.25) is 0 Å². The maximum absolute atomic E-state index is 9.77. The van der Waals surface area contributed by atoms with Crippen LogP contribution in [0.15, 0.2) is 11.3 Å². The van der Waals surface area contributed by atoms with Gasteiger partial charge >= 0.3 is 0 Å². The Labute approximate surface area is 102 Å². The molecule has 0 radical (unpaired) electrons. The Kier molecular flexibility index (Phi) is 4.92. The fraction of sp³-hybridized carbons (Fsp3) is 0.500. The predicted octanol–water partition coefficient (Wildman–Crippen LogP) is 0.807. The van der Waals surface area contributed by atoms with E-state index in [-0.39, 0.29) is 29.6 Å². The summed E-state index contributed by atoms with van der Waals surface area (Å²) in [6, 6.07) is 0. The third kappa shape index (κ3) is 3.72. The van der Waals surface area contributed by atoms with Gasteiger partial charge in [-0.25, -0.2) is 9.97 Å². The third-order valence-electron chi connectivity index (χ3n) is 2.06. The van der Waals surface area contributed by atoms with Crippen LogP contribution in [0.2, 0.25) is 5.15 Å². The van der Waals surface area contributed by atoms with Crippen molar-refractivity contribution in [3.05, 3.63) is 27.4 Å². The SMILES string of the molecule is [N-]=[N+]=NCCC(O)C(O)c1cnc(N)nc1Cl. The van der Waals surface area contributed by atoms with E-state index in [9.17, 15) is 10.2 Å². The molecule has 1 heterocycles. The number of halogens is 1. The molecule has 2 atom stereocenters. The molecule has 8 nitrogen and oxygen atoms in total. The van der Waals surface area contributed by atoms with Gasteiger partial charge in [-0.2, -0.15) is 0 Å². The van der Waals surface area contributed by atoms with Crippen LogP contribution in [0, 0.1) is 0 Å². The maximum Gasteiger partial charge on any atom is 0.221 e. The number of nitrogens with two attached hydrogens (primary N) is 1. The predicted molar refractivity (Wildman–Crippen MR) is 61.1 cm³/mol. The van der Waals surface area contributed by atoms with Crippen LogP contribution in [-0.2, 0) is 0 Å². The number of hydrogen-bond acceptors (Lipinski definition) is 6. The van der Waals surface area contributed by atoms with E-state index in [1.54, 1.807) is 0 Å². The van der Waals surface area contributed by atoms with Gasteiger partial charge in [0.1, 0.15) is 11.3 Å². The zero-order chi connectivity index (χ0) is 12.8. The van der Waals surface area contributed by atoms with Crippen LogP contribution in [0.1, 0.15) is 18.1 Å². The molecule has 1 aromatic rings. The van der Waals surface area contributed by atoms with Crippen LogP contribution in [0.5, 0.6) is 0 Å². The van der Waals surface area contributed by atoms with Crippen molar-refractivity contribution >= 4 is 17.5 Å². The van der Waals surface area contributed by atoms with E-state index in [1.165, 1.54) is 6.20 Å². The highest BCUT2D eigenvalue weighted by Crippen LogP contribution is 2.24. The summed E-state index contributed by atoms with van der Waals surface area (Å²) in [5.74, 6) is -0.0190. The molecule has 0 saturated heterocycles. The van der Waals surface area contributed by atoms with Gasteiger partial charge in [0.15, 0.2) is 0 Å². The van der Waals surface area contributed by atoms with E-state index in [0.29, 0.717) is 0 Å². The van der Waals surface area contributed by atoms with E-state index >= 15 is 0 Å². The van der Waals surface area contributed by atoms with E-state index in [2.05, 4.69) is 20.0 Å². The molecule has 0 saturated carbocycles. The molecule has 0 aromatic carbocycles. The van der Waals surface area contributed by atoms with Crippen molar-refractivity contribution in [3.8, 4) is 0 Å². The molecule has 0 spiro atoms. The molecule has 17 heavy (non-hydrogen) atoms. The van der Waals surface area contributed by atoms with Crippen LogP contribution in [0.4, 0.5) is 5.95 Å². The van der Waals surface area contributed by atoms with Crippen molar-refractivity contribution in [2.45, 2.75) is 18.6 Å². The van der Waals surface area contributed by atoms with Crippen LogP contribution < -0.4 is 5.73 Å². The molecular formula is C8H11ClN6O2. The first-order chi connectivity index (χ1) is 8.06. The summed E-state index contributed by atoms with van der Waals surface area (Å²) >= 11 is 5.75. The van der Waals surface area contributed by atoms with Gasteiger partial charge in [-0.15, -0.1) is 0 Å². The van der Waals surface area contributed by atoms with Gasteiger partial charge in [-0.05, 0) is 12.0 Å². The fourth-order valence-electron chi connectivity index (χ4n) is 1.18. The lowest BCUT2D eigenvalue weighted by molar-refractivity contribution is 0.0147. The number of aliphatic hydroxyl groups excluding tert-OH is 2. The molecule has 2 unspecified atom stereocenters. The molecule has 0 bridgehead atoms. The molecular weight excluding hydrogens is 248 g/mol. The molecule has 1 aromatic heterocycles. The van der Waals surface area contributed by atoms with Crippen molar-refractivity contribution in [1.29, 1.82) is 0 Å². The van der Waals surface area contributed by atoms with Crippen molar-refractivity contribution < 1.29 is 10.2 Å². The lowest BCUT2D eigenvalue weighted by Gasteiger charge is -2.17. The molecule has 4 N–H and O–H groups in total. The van der Waals surface area contributed by atoms with Gasteiger partial charge in [0.05, 0.1) is 6.10 Å². The molecule has 0 aliphatic carbocycles. The second-order valence-corrected chi connectivity index (χ2v) is 3.59. The fourth-order valence-corrected chi connectivity index (χ4v) is 1.43. The number of nitrogens with zero attached hydrogens (tertiary/aromatic N) is 5. The topological polar surface area (TPSA) is 141 Å². The molecule has 1 rings (SSSR count). The number of rotatable bonds is 5. The van der Waals surface area contributed by atoms with E-state index in [4.69, 9.17) is 22.9 Å². The summed E-state index contributed by atoms with van der Waals surface area (Å²) in [7, 11) is 0. The van der Waals surface area contributed by atoms with Crippen molar-refractivity contribution in [2.24, 2.45) is 5.11 Å². The standard InChI is InChI=1S/C8H11ClN6O2/c9-7-4(3-12-8(10)14-7)6(17)5(16)1-2-13-15-11/h3,5-6,16-17H,1-2H2,(H2,10,12,14). The van der Waals surface area contributed by atoms with E-state index in [0.717, 1.165) is 0 Å². The van der Waals surface area contributed by atoms with E-state index < -0.39 is 12.2 Å². The van der Waals surface area contributed by atoms with Crippen LogP contribution >= 0.6 is 11.6 Å². The zero-order valence-electron chi connectivity index (χ0n) is 8.73. The first kappa shape index (κ1) is 13.5. The van der Waals surface area contributed by atoms with Crippen molar-refractivity contribution in [1.82, 2.24) is 9.97 Å². The smallest absolute Gasteiger partial charge is 0.221 e. The Morgan fingerprint density at radius 3 is 2.88 bits per heavy atom. The average molecular weight is 259 g/mol. The van der Waals surface area contributed by atoms with Crippen LogP contribution in [-0.4, -0.2) is 32.8 Å². The molecule has 92 valence electrons. The number of azide groups is 1. The van der Waals surface area contributed by atoms with Gasteiger partial charge in [0.25, 0.3) is 0 Å². The average Bonchev–Trinajstić information content (AvgIpc) is 2.28. The largest absolute Gasteiger partial charge is 0.390 e. The summed E-state index contributed by atoms with van der Waals surface area (Å²) in [6.07, 6.45) is -1.03. The minimum Gasteiger partial charge on any atom is -0.390 e. The van der Waals surface area contributed by atoms with Crippen LogP contribution in [0.25, 0.3) is 10.4 Å². The van der Waals surface area contributed by atoms with Gasteiger partial charge < -0.3 is 15.9 Å². The van der Waals surface area contributed by atoms with Gasteiger partial charge in [0.2, 0.25) is 5.95 Å². The van der Waals surface area contributed by atoms with Crippen molar-refractivity contribution in [3.63, 3.8) is 0 Å². The molecule has 0 aliphatic heterocycles. The minimum absolute atomic E-state index is 0.0190. The summed E-state index contributed by atoms with van der Waals surface area (Å²) in [6.45, 7) is 0.0716. The number of anilines is 1. The first-order valence-corrected chi connectivity index (χ1v) is 5.09. The highest BCUT2D eigenvalue weighted by Gasteiger charge is 2.21. The second kappa shape index (κ2) is 6.21. The summed E-state index contributed by atoms with van der Waals surface area (Å²) < 4.78 is 0. The lowest BCUT2D eigenvalue weighted by Crippen LogP contribution is -2.20. The number of hydrogen-bond donors (Lipinski definition) is 3. The maximum atomic E-state index is 9.77. The molecule has 0 aliphatic rings. The number of aromatic nitrogens is 2. The van der Waals surface area contributed by atoms with E-state index in [1.807, 2.05) is 0 Å². The monoisotopic (exact) mass is 258 g/mol. The Morgan fingerprint density at radius 1 is 1.59 bits per heavy atom. The summed E-state index contributed by atoms with van der Waals surface area (Å²) in [4.78, 5) is 9.86. The number of aliphatic hydroxyl groups is 2. The molecule has 9 heteroatoms. The summed E-state index contributed by atoms with van der Waals surface area (Å²) in [5.41, 5.74) is 13.5.